The van der Waals surface area contributed by atoms with E-state index in [1.807, 2.05) is 12.1 Å². The maximum Gasteiger partial charge on any atom is 0.338 e. The van der Waals surface area contributed by atoms with Crippen molar-refractivity contribution in [3.05, 3.63) is 29.8 Å². The first kappa shape index (κ1) is 22.8. The van der Waals surface area contributed by atoms with Crippen molar-refractivity contribution in [1.82, 2.24) is 0 Å². The molecule has 26 heavy (non-hydrogen) atoms. The van der Waals surface area contributed by atoms with Gasteiger partial charge in [0.1, 0.15) is 5.75 Å². The summed E-state index contributed by atoms with van der Waals surface area (Å²) in [6.07, 6.45) is 7.05. The van der Waals surface area contributed by atoms with Gasteiger partial charge in [0.2, 0.25) is 0 Å². The number of quaternary nitrogens is 1. The van der Waals surface area contributed by atoms with Crippen LogP contribution in [0.25, 0.3) is 0 Å². The van der Waals surface area contributed by atoms with Crippen molar-refractivity contribution in [2.45, 2.75) is 71.4 Å². The van der Waals surface area contributed by atoms with Crippen LogP contribution in [0.3, 0.4) is 0 Å². The summed E-state index contributed by atoms with van der Waals surface area (Å²) < 4.78 is 11.0. The van der Waals surface area contributed by atoms with Crippen LogP contribution in [0.15, 0.2) is 24.3 Å². The van der Waals surface area contributed by atoms with E-state index >= 15 is 0 Å². The molecule has 1 fully saturated rings. The number of hydrogen-bond donors (Lipinski definition) is 1. The predicted octanol–water partition coefficient (Wildman–Crippen LogP) is 0.262. The first-order valence-corrected chi connectivity index (χ1v) is 9.87. The minimum atomic E-state index is -0.241. The van der Waals surface area contributed by atoms with Crippen LogP contribution in [-0.4, -0.2) is 37.8 Å². The summed E-state index contributed by atoms with van der Waals surface area (Å²) in [5, 5.41) is 0. The lowest BCUT2D eigenvalue weighted by atomic mass is 9.97. The van der Waals surface area contributed by atoms with Crippen molar-refractivity contribution in [3.8, 4) is 5.75 Å². The second-order valence-corrected chi connectivity index (χ2v) is 7.27. The lowest BCUT2D eigenvalue weighted by molar-refractivity contribution is -0.951. The Morgan fingerprint density at radius 3 is 2.35 bits per heavy atom. The van der Waals surface area contributed by atoms with Crippen molar-refractivity contribution >= 4 is 5.97 Å². The molecule has 148 valence electrons. The monoisotopic (exact) mass is 383 g/mol. The number of hydrogen-bond acceptors (Lipinski definition) is 3. The Hall–Kier alpha value is -1.26. The highest BCUT2D eigenvalue weighted by molar-refractivity contribution is 5.89. The van der Waals surface area contributed by atoms with Gasteiger partial charge in [0.05, 0.1) is 37.4 Å². The molecule has 0 spiro atoms. The van der Waals surface area contributed by atoms with Crippen LogP contribution in [0, 0.1) is 0 Å². The summed E-state index contributed by atoms with van der Waals surface area (Å²) in [6, 6.07) is 8.69. The zero-order valence-electron chi connectivity index (χ0n) is 16.4. The van der Waals surface area contributed by atoms with Gasteiger partial charge in [0.15, 0.2) is 0 Å². The third-order valence-electron chi connectivity index (χ3n) is 5.24. The number of rotatable bonds is 9. The van der Waals surface area contributed by atoms with Crippen LogP contribution in [0.1, 0.15) is 69.7 Å². The van der Waals surface area contributed by atoms with Gasteiger partial charge >= 0.3 is 5.97 Å². The number of ether oxygens (including phenoxy) is 2. The van der Waals surface area contributed by atoms with E-state index in [0.717, 1.165) is 50.2 Å². The van der Waals surface area contributed by atoms with Gasteiger partial charge in [0, 0.05) is 6.42 Å². The van der Waals surface area contributed by atoms with E-state index < -0.39 is 0 Å². The number of unbranched alkanes of at least 4 members (excludes halogenated alkanes) is 1. The Morgan fingerprint density at radius 2 is 1.73 bits per heavy atom. The largest absolute Gasteiger partial charge is 1.00 e. The second-order valence-electron chi connectivity index (χ2n) is 7.27. The van der Waals surface area contributed by atoms with Gasteiger partial charge < -0.3 is 26.8 Å². The van der Waals surface area contributed by atoms with E-state index in [-0.39, 0.29) is 18.4 Å². The highest BCUT2D eigenvalue weighted by Crippen LogP contribution is 2.13. The van der Waals surface area contributed by atoms with Crippen molar-refractivity contribution in [1.29, 1.82) is 0 Å². The number of halogens is 1. The number of esters is 1. The molecule has 1 N–H and O–H groups in total. The van der Waals surface area contributed by atoms with Crippen LogP contribution >= 0.6 is 0 Å². The third kappa shape index (κ3) is 7.16. The van der Waals surface area contributed by atoms with E-state index in [9.17, 15) is 4.79 Å². The summed E-state index contributed by atoms with van der Waals surface area (Å²) in [4.78, 5) is 13.8. The molecule has 1 aromatic carbocycles. The fourth-order valence-electron chi connectivity index (χ4n) is 3.63. The standard InChI is InChI=1S/C21H33NO3.ClH/c1-4-5-15-24-20-12-10-19(11-13-20)21(23)25-16-7-14-22-17(2)8-6-9-18(22)3;/h10-13,17-18H,4-9,14-16H2,1-3H3;1H. The molecule has 0 amide bonds. The smallest absolute Gasteiger partial charge is 0.338 e. The Bertz CT molecular complexity index is 510. The molecule has 4 nitrogen and oxygen atoms in total. The van der Waals surface area contributed by atoms with Crippen LogP contribution in [0.5, 0.6) is 5.75 Å². The van der Waals surface area contributed by atoms with Crippen LogP contribution < -0.4 is 22.0 Å². The van der Waals surface area contributed by atoms with E-state index in [1.165, 1.54) is 19.3 Å². The zero-order chi connectivity index (χ0) is 18.1. The quantitative estimate of drug-likeness (QED) is 0.491. The number of carbonyl (C=O) groups excluding carboxylic acids is 1. The summed E-state index contributed by atoms with van der Waals surface area (Å²) >= 11 is 0. The molecule has 0 aromatic heterocycles. The Labute approximate surface area is 164 Å². The molecule has 1 heterocycles. The molecule has 5 heteroatoms. The first-order chi connectivity index (χ1) is 12.1. The van der Waals surface area contributed by atoms with E-state index in [0.29, 0.717) is 12.2 Å². The molecule has 0 saturated carbocycles. The van der Waals surface area contributed by atoms with Gasteiger partial charge in [0.25, 0.3) is 0 Å². The molecular formula is C21H34ClNO3. The Morgan fingerprint density at radius 1 is 1.08 bits per heavy atom. The van der Waals surface area contributed by atoms with Crippen molar-refractivity contribution in [2.75, 3.05) is 19.8 Å². The fourth-order valence-corrected chi connectivity index (χ4v) is 3.63. The van der Waals surface area contributed by atoms with Gasteiger partial charge in [-0.2, -0.15) is 0 Å². The molecule has 2 unspecified atom stereocenters. The molecule has 2 atom stereocenters. The summed E-state index contributed by atoms with van der Waals surface area (Å²) in [5.74, 6) is 0.566. The van der Waals surface area contributed by atoms with Gasteiger partial charge in [-0.1, -0.05) is 13.3 Å². The third-order valence-corrected chi connectivity index (χ3v) is 5.24. The maximum absolute atomic E-state index is 12.1. The average Bonchev–Trinajstić information content (AvgIpc) is 2.61. The topological polar surface area (TPSA) is 40.0 Å². The highest BCUT2D eigenvalue weighted by atomic mass is 35.5. The molecule has 1 aromatic rings. The predicted molar refractivity (Wildman–Crippen MR) is 100 cm³/mol. The number of nitrogens with one attached hydrogen (secondary N) is 1. The average molecular weight is 384 g/mol. The Kier molecular flexibility index (Phi) is 10.7. The van der Waals surface area contributed by atoms with E-state index in [2.05, 4.69) is 20.8 Å². The number of likely N-dealkylation sites (tertiary alicyclic amines) is 1. The van der Waals surface area contributed by atoms with Crippen molar-refractivity contribution in [2.24, 2.45) is 0 Å². The van der Waals surface area contributed by atoms with Gasteiger partial charge in [-0.05, 0) is 63.8 Å². The van der Waals surface area contributed by atoms with E-state index in [4.69, 9.17) is 9.47 Å². The van der Waals surface area contributed by atoms with Gasteiger partial charge in [-0.25, -0.2) is 4.79 Å². The molecular weight excluding hydrogens is 350 g/mol. The van der Waals surface area contributed by atoms with Crippen molar-refractivity contribution < 1.29 is 31.6 Å². The second kappa shape index (κ2) is 12.2. The van der Waals surface area contributed by atoms with Crippen LogP contribution in [-0.2, 0) is 4.74 Å². The molecule has 1 saturated heterocycles. The lowest BCUT2D eigenvalue weighted by Gasteiger charge is -2.35. The lowest BCUT2D eigenvalue weighted by Crippen LogP contribution is -3.19. The number of carbonyl (C=O) groups is 1. The van der Waals surface area contributed by atoms with Crippen LogP contribution in [0.4, 0.5) is 0 Å². The normalized spacial score (nSPS) is 22.3. The highest BCUT2D eigenvalue weighted by Gasteiger charge is 2.27. The summed E-state index contributed by atoms with van der Waals surface area (Å²) in [6.45, 7) is 9.10. The van der Waals surface area contributed by atoms with Gasteiger partial charge in [-0.15, -0.1) is 0 Å². The fraction of sp³-hybridized carbons (Fsp3) is 0.667. The minimum Gasteiger partial charge on any atom is -1.00 e. The SMILES string of the molecule is CCCCOc1ccc(C(=O)OCCC[NH+]2C(C)CCCC2C)cc1.[Cl-]. The molecule has 1 aliphatic heterocycles. The summed E-state index contributed by atoms with van der Waals surface area (Å²) in [5.41, 5.74) is 0.592. The molecule has 0 radical (unpaired) electrons. The molecule has 0 aliphatic carbocycles. The van der Waals surface area contributed by atoms with Crippen molar-refractivity contribution in [3.63, 3.8) is 0 Å². The number of piperidine rings is 1. The molecule has 1 aliphatic rings. The van der Waals surface area contributed by atoms with Crippen LogP contribution in [0.2, 0.25) is 0 Å². The number of benzene rings is 1. The van der Waals surface area contributed by atoms with E-state index in [1.54, 1.807) is 17.0 Å². The maximum atomic E-state index is 12.1. The summed E-state index contributed by atoms with van der Waals surface area (Å²) in [7, 11) is 0. The van der Waals surface area contributed by atoms with Gasteiger partial charge in [-0.3, -0.25) is 0 Å². The molecule has 0 bridgehead atoms. The minimum absolute atomic E-state index is 0. The molecule has 2 rings (SSSR count). The first-order valence-electron chi connectivity index (χ1n) is 9.87. The Balaban J connectivity index is 0.00000338. The zero-order valence-corrected chi connectivity index (χ0v) is 17.2.